The zero-order chi connectivity index (χ0) is 38.9. The van der Waals surface area contributed by atoms with Gasteiger partial charge in [0.05, 0.1) is 23.1 Å². The first kappa shape index (κ1) is 40.0. The summed E-state index contributed by atoms with van der Waals surface area (Å²) in [5, 5.41) is -0.458. The summed E-state index contributed by atoms with van der Waals surface area (Å²) in [6.07, 6.45) is 6.82. The number of hydrogen-bond donors (Lipinski definition) is 1. The van der Waals surface area contributed by atoms with Gasteiger partial charge in [0.1, 0.15) is 24.2 Å². The SMILES string of the molecule is COCCN(CC1CCOCC1)C(=O)[C@H]1/C(F)=C/C[C@H](C)[C@@H](C)S(=O)(=O)NC(=O)c2ccc3c(c2)N2CCCCc4cc(Cl)cc(c4CO3)[C@]3(CCCN13)C2. The molecule has 5 heterocycles. The molecule has 11 nitrogen and oxygen atoms in total. The van der Waals surface area contributed by atoms with Crippen LogP contribution in [0.25, 0.3) is 0 Å². The van der Waals surface area contributed by atoms with Gasteiger partial charge in [-0.25, -0.2) is 17.5 Å². The molecule has 1 N–H and O–H groups in total. The molecular formula is C41H54ClFN4O7S. The van der Waals surface area contributed by atoms with Gasteiger partial charge in [-0.3, -0.25) is 14.5 Å². The molecule has 7 bridgehead atoms. The smallest absolute Gasteiger partial charge is 0.264 e. The maximum Gasteiger partial charge on any atom is 0.264 e. The monoisotopic (exact) mass is 800 g/mol. The first-order valence-corrected chi connectivity index (χ1v) is 21.7. The Balaban J connectivity index is 1.45. The number of carbonyl (C=O) groups is 2. The number of sulfonamides is 1. The van der Waals surface area contributed by atoms with Gasteiger partial charge in [0.2, 0.25) is 15.9 Å². The van der Waals surface area contributed by atoms with Gasteiger partial charge in [-0.15, -0.1) is 0 Å². The Morgan fingerprint density at radius 1 is 1.13 bits per heavy atom. The van der Waals surface area contributed by atoms with Crippen LogP contribution in [0, 0.1) is 11.8 Å². The number of nitrogens with one attached hydrogen (secondary N) is 1. The Kier molecular flexibility index (Phi) is 12.1. The quantitative estimate of drug-likeness (QED) is 0.377. The number of rotatable bonds is 6. The lowest BCUT2D eigenvalue weighted by molar-refractivity contribution is -0.140. The number of hydrogen-bond acceptors (Lipinski definition) is 9. The minimum absolute atomic E-state index is 0.0378. The van der Waals surface area contributed by atoms with Gasteiger partial charge in [0, 0.05) is 63.6 Å². The van der Waals surface area contributed by atoms with Crippen molar-refractivity contribution < 1.29 is 36.6 Å². The summed E-state index contributed by atoms with van der Waals surface area (Å²) < 4.78 is 64.8. The van der Waals surface area contributed by atoms with Crippen LogP contribution < -0.4 is 14.4 Å². The van der Waals surface area contributed by atoms with Crippen LogP contribution in [0.1, 0.15) is 85.8 Å². The second-order valence-electron chi connectivity index (χ2n) is 16.0. The van der Waals surface area contributed by atoms with E-state index in [0.717, 1.165) is 48.8 Å². The number of aryl methyl sites for hydroxylation is 1. The number of amides is 2. The zero-order valence-electron chi connectivity index (χ0n) is 32.2. The Bertz CT molecular complexity index is 1910. The number of nitrogens with zero attached hydrogens (tertiary/aromatic N) is 3. The third-order valence-corrected chi connectivity index (χ3v) is 14.7. The molecule has 0 aromatic heterocycles. The Morgan fingerprint density at radius 3 is 2.71 bits per heavy atom. The van der Waals surface area contributed by atoms with E-state index in [1.54, 1.807) is 37.1 Å². The highest BCUT2D eigenvalue weighted by Gasteiger charge is 2.52. The van der Waals surface area contributed by atoms with Gasteiger partial charge in [-0.1, -0.05) is 24.6 Å². The van der Waals surface area contributed by atoms with E-state index in [0.29, 0.717) is 81.8 Å². The molecule has 0 radical (unpaired) electrons. The van der Waals surface area contributed by atoms with E-state index in [-0.39, 0.29) is 30.4 Å². The first-order chi connectivity index (χ1) is 26.4. The van der Waals surface area contributed by atoms with Crippen LogP contribution in [0.4, 0.5) is 10.1 Å². The average Bonchev–Trinajstić information content (AvgIpc) is 3.59. The third-order valence-electron chi connectivity index (χ3n) is 12.6. The number of carbonyl (C=O) groups excluding carboxylic acids is 2. The maximum absolute atomic E-state index is 17.6. The molecule has 2 saturated heterocycles. The van der Waals surface area contributed by atoms with Crippen molar-refractivity contribution in [2.24, 2.45) is 11.8 Å². The van der Waals surface area contributed by atoms with Crippen LogP contribution in [0.3, 0.4) is 0 Å². The Morgan fingerprint density at radius 2 is 1.93 bits per heavy atom. The molecule has 300 valence electrons. The van der Waals surface area contributed by atoms with Crippen molar-refractivity contribution in [3.63, 3.8) is 0 Å². The van der Waals surface area contributed by atoms with Crippen molar-refractivity contribution >= 4 is 39.1 Å². The molecule has 5 aliphatic heterocycles. The molecule has 5 aliphatic rings. The lowest BCUT2D eigenvalue weighted by atomic mass is 9.79. The van der Waals surface area contributed by atoms with Crippen molar-refractivity contribution in [2.75, 3.05) is 64.6 Å². The molecule has 7 rings (SSSR count). The van der Waals surface area contributed by atoms with Crippen LogP contribution in [-0.4, -0.2) is 101 Å². The minimum atomic E-state index is -4.16. The van der Waals surface area contributed by atoms with E-state index in [4.69, 9.17) is 25.8 Å². The maximum atomic E-state index is 17.6. The lowest BCUT2D eigenvalue weighted by Crippen LogP contribution is -2.59. The standard InChI is InChI=1S/C41H54ClFN4O7S/c1-27-8-10-35(43)38(40(49)45(17-20-52-3)24-29-12-18-53-19-13-29)47-16-6-14-41(47)26-46-15-5-4-7-30-21-32(42)23-34(41)33(30)25-54-37-11-9-31(22-36(37)46)39(48)44-55(50,51)28(27)2/h9-11,21-23,27-29,38H,4-8,12-20,24-26H2,1-3H3,(H,44,48)/b35-10-/t27-,28+,38+,41-/m0/s1. The molecule has 0 saturated carbocycles. The average molecular weight is 801 g/mol. The Labute approximate surface area is 329 Å². The summed E-state index contributed by atoms with van der Waals surface area (Å²) in [5.74, 6) is -1.53. The summed E-state index contributed by atoms with van der Waals surface area (Å²) in [6.45, 7) is 7.11. The highest BCUT2D eigenvalue weighted by atomic mass is 35.5. The van der Waals surface area contributed by atoms with Crippen molar-refractivity contribution in [2.45, 2.75) is 88.7 Å². The molecular weight excluding hydrogens is 747 g/mol. The summed E-state index contributed by atoms with van der Waals surface area (Å²) in [6, 6.07) is 7.73. The third kappa shape index (κ3) is 8.14. The fraction of sp³-hybridized carbons (Fsp3) is 0.610. The number of benzene rings is 2. The minimum Gasteiger partial charge on any atom is -0.487 e. The van der Waals surface area contributed by atoms with Crippen molar-refractivity contribution in [3.8, 4) is 5.75 Å². The van der Waals surface area contributed by atoms with Crippen LogP contribution in [0.2, 0.25) is 5.02 Å². The van der Waals surface area contributed by atoms with Gasteiger partial charge >= 0.3 is 0 Å². The molecule has 55 heavy (non-hydrogen) atoms. The van der Waals surface area contributed by atoms with Gasteiger partial charge in [0.25, 0.3) is 5.91 Å². The van der Waals surface area contributed by atoms with Crippen LogP contribution in [-0.2, 0) is 42.9 Å². The highest BCUT2D eigenvalue weighted by Crippen LogP contribution is 2.49. The van der Waals surface area contributed by atoms with Crippen LogP contribution in [0.5, 0.6) is 5.75 Å². The van der Waals surface area contributed by atoms with Crippen LogP contribution in [0.15, 0.2) is 42.2 Å². The van der Waals surface area contributed by atoms with Crippen molar-refractivity contribution in [1.82, 2.24) is 14.5 Å². The number of methoxy groups -OCH3 is 1. The molecule has 2 aromatic rings. The highest BCUT2D eigenvalue weighted by molar-refractivity contribution is 7.90. The fourth-order valence-corrected chi connectivity index (χ4v) is 10.7. The van der Waals surface area contributed by atoms with E-state index in [1.807, 2.05) is 12.1 Å². The largest absolute Gasteiger partial charge is 0.487 e. The fourth-order valence-electron chi connectivity index (χ4n) is 9.21. The van der Waals surface area contributed by atoms with Gasteiger partial charge in [-0.05, 0) is 117 Å². The molecule has 4 atom stereocenters. The van der Waals surface area contributed by atoms with E-state index in [2.05, 4.69) is 14.5 Å². The van der Waals surface area contributed by atoms with Crippen LogP contribution >= 0.6 is 11.6 Å². The summed E-state index contributed by atoms with van der Waals surface area (Å²) in [7, 11) is -2.56. The number of fused-ring (bicyclic) bond motifs is 1. The predicted molar refractivity (Wildman–Crippen MR) is 210 cm³/mol. The van der Waals surface area contributed by atoms with Crippen molar-refractivity contribution in [3.05, 3.63) is 69.5 Å². The van der Waals surface area contributed by atoms with Gasteiger partial charge in [-0.2, -0.15) is 0 Å². The molecule has 1 spiro atoms. The molecule has 0 unspecified atom stereocenters. The zero-order valence-corrected chi connectivity index (χ0v) is 33.7. The molecule has 14 heteroatoms. The molecule has 2 amide bonds. The number of anilines is 1. The van der Waals surface area contributed by atoms with Gasteiger partial charge < -0.3 is 24.0 Å². The molecule has 2 aromatic carbocycles. The van der Waals surface area contributed by atoms with E-state index in [9.17, 15) is 13.2 Å². The second-order valence-corrected chi connectivity index (χ2v) is 18.5. The number of allylic oxidation sites excluding steroid dienone is 1. The summed E-state index contributed by atoms with van der Waals surface area (Å²) >= 11 is 6.97. The molecule has 2 fully saturated rings. The first-order valence-electron chi connectivity index (χ1n) is 19.8. The Hall–Kier alpha value is -3.23. The van der Waals surface area contributed by atoms with E-state index >= 15 is 9.18 Å². The van der Waals surface area contributed by atoms with E-state index in [1.165, 1.54) is 13.0 Å². The normalized spacial score (nSPS) is 28.4. The number of halogens is 2. The lowest BCUT2D eigenvalue weighted by Gasteiger charge is -2.47. The number of ether oxygens (including phenoxy) is 3. The predicted octanol–water partition coefficient (Wildman–Crippen LogP) is 5.98. The van der Waals surface area contributed by atoms with Crippen molar-refractivity contribution in [1.29, 1.82) is 0 Å². The summed E-state index contributed by atoms with van der Waals surface area (Å²) in [4.78, 5) is 35.0. The second kappa shape index (κ2) is 16.7. The van der Waals surface area contributed by atoms with E-state index < -0.39 is 44.5 Å². The molecule has 0 aliphatic carbocycles. The topological polar surface area (TPSA) is 118 Å². The van der Waals surface area contributed by atoms with Gasteiger partial charge in [0.15, 0.2) is 0 Å². The summed E-state index contributed by atoms with van der Waals surface area (Å²) in [5.41, 5.74) is 2.93.